The van der Waals surface area contributed by atoms with Gasteiger partial charge in [0.15, 0.2) is 0 Å². The molecule has 0 unspecified atom stereocenters. The lowest BCUT2D eigenvalue weighted by atomic mass is 9.97. The summed E-state index contributed by atoms with van der Waals surface area (Å²) in [4.78, 5) is 64.7. The van der Waals surface area contributed by atoms with Crippen LogP contribution in [0.5, 0.6) is 0 Å². The summed E-state index contributed by atoms with van der Waals surface area (Å²) in [6.07, 6.45) is -2.08. The molecule has 0 saturated heterocycles. The van der Waals surface area contributed by atoms with Crippen LogP contribution >= 0.6 is 0 Å². The lowest BCUT2D eigenvalue weighted by Gasteiger charge is -2.25. The van der Waals surface area contributed by atoms with Gasteiger partial charge in [0.25, 0.3) is 27.4 Å². The second-order valence-corrected chi connectivity index (χ2v) is 16.4. The molecule has 19 heteroatoms. The third-order valence-electron chi connectivity index (χ3n) is 10.7. The van der Waals surface area contributed by atoms with Gasteiger partial charge in [-0.3, -0.25) is 19.1 Å². The van der Waals surface area contributed by atoms with Crippen molar-refractivity contribution in [2.75, 3.05) is 4.72 Å². The molecule has 59 heavy (non-hydrogen) atoms. The van der Waals surface area contributed by atoms with Gasteiger partial charge in [-0.15, -0.1) is 0 Å². The number of carbonyl (C=O) groups excluding carboxylic acids is 3. The van der Waals surface area contributed by atoms with Crippen molar-refractivity contribution in [2.24, 2.45) is 7.05 Å². The number of benzene rings is 3. The Kier molecular flexibility index (Phi) is 11.9. The number of aromatic nitrogens is 2. The number of amides is 2. The van der Waals surface area contributed by atoms with Gasteiger partial charge in [-0.2, -0.15) is 13.2 Å². The van der Waals surface area contributed by atoms with Crippen LogP contribution in [0.15, 0.2) is 75.1 Å². The lowest BCUT2D eigenvalue weighted by Crippen LogP contribution is -2.47. The first-order valence-corrected chi connectivity index (χ1v) is 20.1. The highest BCUT2D eigenvalue weighted by Crippen LogP contribution is 2.49. The Bertz CT molecular complexity index is 2490. The normalized spacial score (nSPS) is 15.9. The number of carbonyl (C=O) groups is 3. The van der Waals surface area contributed by atoms with Crippen LogP contribution in [-0.2, 0) is 33.0 Å². The van der Waals surface area contributed by atoms with Crippen molar-refractivity contribution >= 4 is 33.5 Å². The molecule has 3 aromatic carbocycles. The molecule has 1 heterocycles. The first kappa shape index (κ1) is 42.7. The maximum atomic E-state index is 15.5. The zero-order valence-electron chi connectivity index (χ0n) is 32.0. The third-order valence-corrected chi connectivity index (χ3v) is 12.1. The number of halogens is 5. The SMILES string of the molecule is Cc1c(C)n(C)c(=O)n(-c2ccc(C[C@H](NC(=O)c3cc(F)c(NS(=O)(=O)c4ccc(C(=O)NC5(C(F)(F)F)CC5)cc4)cc3F)C(=O)OC3CCCCC3)cc2)c1=O. The summed E-state index contributed by atoms with van der Waals surface area (Å²) >= 11 is 0. The molecular formula is C40H40F5N5O8S. The van der Waals surface area contributed by atoms with Gasteiger partial charge in [-0.1, -0.05) is 18.6 Å². The van der Waals surface area contributed by atoms with Crippen molar-refractivity contribution in [3.8, 4) is 5.69 Å². The summed E-state index contributed by atoms with van der Waals surface area (Å²) in [5.41, 5.74) is -3.89. The summed E-state index contributed by atoms with van der Waals surface area (Å²) in [7, 11) is -3.12. The minimum atomic E-state index is -4.67. The van der Waals surface area contributed by atoms with E-state index in [0.29, 0.717) is 41.8 Å². The standard InChI is InChI=1S/C40H40F5N5O8S/c1-22-23(2)49(3)38(55)50(36(22)53)26-13-9-24(10-14-26)19-33(37(54)58-27-7-5-4-6-8-27)46-35(52)29-20-31(42)32(21-30(29)41)48-59(56,57)28-15-11-25(12-16-28)34(51)47-39(17-18-39)40(43,44)45/h9-16,20-21,27,33,48H,4-8,17-19H2,1-3H3,(H,46,52)(H,47,51)/t33-/m0/s1. The van der Waals surface area contributed by atoms with E-state index in [9.17, 15) is 45.6 Å². The van der Waals surface area contributed by atoms with Crippen molar-refractivity contribution in [2.45, 2.75) is 94.0 Å². The van der Waals surface area contributed by atoms with E-state index in [4.69, 9.17) is 4.74 Å². The number of rotatable bonds is 12. The fraction of sp³-hybridized carbons (Fsp3) is 0.375. The average Bonchev–Trinajstić information content (AvgIpc) is 3.99. The molecule has 2 aliphatic carbocycles. The van der Waals surface area contributed by atoms with E-state index < -0.39 is 90.7 Å². The molecule has 2 fully saturated rings. The van der Waals surface area contributed by atoms with Crippen LogP contribution in [-0.4, -0.2) is 59.2 Å². The number of nitrogens with zero attached hydrogens (tertiary/aromatic N) is 2. The zero-order valence-corrected chi connectivity index (χ0v) is 32.9. The van der Waals surface area contributed by atoms with E-state index >= 15 is 8.78 Å². The first-order valence-electron chi connectivity index (χ1n) is 18.6. The average molecular weight is 846 g/mol. The molecule has 1 aromatic heterocycles. The molecule has 3 N–H and O–H groups in total. The number of alkyl halides is 3. The molecule has 314 valence electrons. The van der Waals surface area contributed by atoms with Crippen molar-refractivity contribution < 1.29 is 49.5 Å². The second kappa shape index (κ2) is 16.4. The number of sulfonamides is 1. The molecule has 2 amide bonds. The van der Waals surface area contributed by atoms with Gasteiger partial charge in [0, 0.05) is 36.4 Å². The number of anilines is 1. The molecule has 2 aliphatic rings. The minimum Gasteiger partial charge on any atom is -0.461 e. The molecule has 1 atom stereocenters. The van der Waals surface area contributed by atoms with Crippen LogP contribution in [0.25, 0.3) is 5.69 Å². The second-order valence-electron chi connectivity index (χ2n) is 14.8. The molecule has 2 saturated carbocycles. The van der Waals surface area contributed by atoms with Gasteiger partial charge in [0.05, 0.1) is 21.8 Å². The molecule has 13 nitrogen and oxygen atoms in total. The first-order chi connectivity index (χ1) is 27.7. The van der Waals surface area contributed by atoms with Gasteiger partial charge < -0.3 is 19.9 Å². The molecule has 0 aliphatic heterocycles. The molecule has 4 aromatic rings. The molecule has 6 rings (SSSR count). The van der Waals surface area contributed by atoms with Crippen LogP contribution in [0.1, 0.15) is 82.5 Å². The number of ether oxygens (including phenoxy) is 1. The van der Waals surface area contributed by atoms with Crippen LogP contribution in [0, 0.1) is 25.5 Å². The summed E-state index contributed by atoms with van der Waals surface area (Å²) in [6.45, 7) is 3.24. The lowest BCUT2D eigenvalue weighted by molar-refractivity contribution is -0.163. The van der Waals surface area contributed by atoms with E-state index in [0.717, 1.165) is 48.1 Å². The van der Waals surface area contributed by atoms with Crippen molar-refractivity contribution in [3.63, 3.8) is 0 Å². The van der Waals surface area contributed by atoms with Crippen LogP contribution in [0.4, 0.5) is 27.6 Å². The van der Waals surface area contributed by atoms with Crippen LogP contribution in [0.3, 0.4) is 0 Å². The Hall–Kier alpha value is -5.85. The maximum Gasteiger partial charge on any atom is 0.411 e. The Morgan fingerprint density at radius 3 is 2.12 bits per heavy atom. The van der Waals surface area contributed by atoms with Crippen LogP contribution in [0.2, 0.25) is 0 Å². The van der Waals surface area contributed by atoms with Gasteiger partial charge in [0.2, 0.25) is 0 Å². The number of hydrogen-bond donors (Lipinski definition) is 3. The Morgan fingerprint density at radius 2 is 1.53 bits per heavy atom. The predicted molar refractivity (Wildman–Crippen MR) is 204 cm³/mol. The highest BCUT2D eigenvalue weighted by Gasteiger charge is 2.64. The molecule has 0 spiro atoms. The van der Waals surface area contributed by atoms with E-state index in [-0.39, 0.29) is 30.5 Å². The Balaban J connectivity index is 1.18. The smallest absolute Gasteiger partial charge is 0.411 e. The third kappa shape index (κ3) is 9.09. The van der Waals surface area contributed by atoms with Crippen molar-refractivity contribution in [1.29, 1.82) is 0 Å². The van der Waals surface area contributed by atoms with E-state index in [1.54, 1.807) is 13.8 Å². The molecular weight excluding hydrogens is 806 g/mol. The monoisotopic (exact) mass is 845 g/mol. The van der Waals surface area contributed by atoms with Gasteiger partial charge >= 0.3 is 17.8 Å². The highest BCUT2D eigenvalue weighted by molar-refractivity contribution is 7.92. The van der Waals surface area contributed by atoms with E-state index in [2.05, 4.69) is 5.32 Å². The van der Waals surface area contributed by atoms with Crippen molar-refractivity contribution in [1.82, 2.24) is 19.8 Å². The fourth-order valence-electron chi connectivity index (χ4n) is 6.74. The number of nitrogens with one attached hydrogen (secondary N) is 3. The number of esters is 1. The Labute approximate surface area is 334 Å². The van der Waals surface area contributed by atoms with E-state index in [1.165, 1.54) is 35.9 Å². The zero-order chi connectivity index (χ0) is 43.0. The highest BCUT2D eigenvalue weighted by atomic mass is 32.2. The molecule has 0 radical (unpaired) electrons. The molecule has 0 bridgehead atoms. The summed E-state index contributed by atoms with van der Waals surface area (Å²) < 4.78 is 107. The number of hydrogen-bond acceptors (Lipinski definition) is 8. The summed E-state index contributed by atoms with van der Waals surface area (Å²) in [5, 5.41) is 4.31. The Morgan fingerprint density at radius 1 is 0.898 bits per heavy atom. The van der Waals surface area contributed by atoms with Gasteiger partial charge in [-0.05, 0) is 100 Å². The maximum absolute atomic E-state index is 15.5. The van der Waals surface area contributed by atoms with Crippen LogP contribution < -0.4 is 26.6 Å². The van der Waals surface area contributed by atoms with Gasteiger partial charge in [-0.25, -0.2) is 31.4 Å². The fourth-order valence-corrected chi connectivity index (χ4v) is 7.80. The largest absolute Gasteiger partial charge is 0.461 e. The minimum absolute atomic E-state index is 0.191. The summed E-state index contributed by atoms with van der Waals surface area (Å²) in [6, 6.07) is 9.18. The van der Waals surface area contributed by atoms with Gasteiger partial charge in [0.1, 0.15) is 29.3 Å². The summed E-state index contributed by atoms with van der Waals surface area (Å²) in [5.74, 6) is -5.88. The van der Waals surface area contributed by atoms with Crippen molar-refractivity contribution in [3.05, 3.63) is 121 Å². The topological polar surface area (TPSA) is 175 Å². The van der Waals surface area contributed by atoms with E-state index in [1.807, 2.05) is 10.0 Å². The predicted octanol–water partition coefficient (Wildman–Crippen LogP) is 5.27. The quantitative estimate of drug-likeness (QED) is 0.128.